The molecule has 0 N–H and O–H groups in total. The Morgan fingerprint density at radius 2 is 1.76 bits per heavy atom. The first kappa shape index (κ1) is 20.1. The Bertz CT molecular complexity index is 268. The molecule has 0 spiro atoms. The molecule has 1 unspecified atom stereocenters. The molecule has 0 bridgehead atoms. The maximum atomic E-state index is 11.0. The van der Waals surface area contributed by atoms with Crippen molar-refractivity contribution in [1.82, 2.24) is 0 Å². The molecule has 0 saturated heterocycles. The summed E-state index contributed by atoms with van der Waals surface area (Å²) in [5.41, 5.74) is -0.564. The van der Waals surface area contributed by atoms with Gasteiger partial charge in [-0.15, -0.1) is 0 Å². The summed E-state index contributed by atoms with van der Waals surface area (Å²) in [5, 5.41) is 8.60. The van der Waals surface area contributed by atoms with Gasteiger partial charge in [0, 0.05) is 0 Å². The third-order valence-electron chi connectivity index (χ3n) is 3.21. The lowest BCUT2D eigenvalue weighted by Crippen LogP contribution is -2.24. The summed E-state index contributed by atoms with van der Waals surface area (Å²) in [5.74, 6) is 0.370. The maximum Gasteiger partial charge on any atom is 0.577 e. The van der Waals surface area contributed by atoms with E-state index in [-0.39, 0.29) is 0 Å². The third kappa shape index (κ3) is 11.4. The Labute approximate surface area is 126 Å². The molecular weight excluding hydrogens is 280 g/mol. The fourth-order valence-corrected chi connectivity index (χ4v) is 1.28. The van der Waals surface area contributed by atoms with Gasteiger partial charge in [-0.25, -0.2) is 9.78 Å². The number of carbonyl (C=O) groups excluding carboxylic acids is 1. The zero-order valence-corrected chi connectivity index (χ0v) is 13.7. The van der Waals surface area contributed by atoms with Gasteiger partial charge in [0.05, 0.1) is 6.61 Å². The Balaban J connectivity index is 3.61. The zero-order valence-electron chi connectivity index (χ0n) is 13.7. The number of carbonyl (C=O) groups is 1. The summed E-state index contributed by atoms with van der Waals surface area (Å²) in [7, 11) is 0. The predicted molar refractivity (Wildman–Crippen MR) is 74.4 cm³/mol. The van der Waals surface area contributed by atoms with Crippen LogP contribution in [-0.2, 0) is 29.6 Å². The molecule has 0 aromatic rings. The average Bonchev–Trinajstić information content (AvgIpc) is 2.46. The molecule has 0 heterocycles. The van der Waals surface area contributed by atoms with Crippen molar-refractivity contribution in [3.8, 4) is 0 Å². The second-order valence-electron chi connectivity index (χ2n) is 5.45. The molecule has 0 amide bonds. The summed E-state index contributed by atoms with van der Waals surface area (Å²) in [6, 6.07) is 0. The fraction of sp³-hybridized carbons (Fsp3) is 0.929. The van der Waals surface area contributed by atoms with Crippen molar-refractivity contribution in [3.05, 3.63) is 0 Å². The number of hydrogen-bond donors (Lipinski definition) is 0. The van der Waals surface area contributed by atoms with E-state index in [0.717, 1.165) is 25.7 Å². The molecule has 0 rings (SSSR count). The quantitative estimate of drug-likeness (QED) is 0.303. The maximum absolute atomic E-state index is 11.0. The van der Waals surface area contributed by atoms with Crippen LogP contribution in [0.4, 0.5) is 4.79 Å². The van der Waals surface area contributed by atoms with Crippen molar-refractivity contribution in [1.29, 1.82) is 0 Å². The van der Waals surface area contributed by atoms with Crippen LogP contribution in [-0.4, -0.2) is 18.4 Å². The van der Waals surface area contributed by atoms with Crippen LogP contribution in [0.25, 0.3) is 0 Å². The lowest BCUT2D eigenvalue weighted by Gasteiger charge is -2.18. The normalized spacial score (nSPS) is 13.0. The van der Waals surface area contributed by atoms with Crippen molar-refractivity contribution >= 4 is 6.16 Å². The van der Waals surface area contributed by atoms with E-state index in [2.05, 4.69) is 33.7 Å². The van der Waals surface area contributed by atoms with Crippen LogP contribution in [0.3, 0.4) is 0 Å². The largest absolute Gasteiger partial charge is 0.577 e. The van der Waals surface area contributed by atoms with Crippen LogP contribution >= 0.6 is 0 Å². The summed E-state index contributed by atoms with van der Waals surface area (Å²) in [6.07, 6.45) is 3.75. The van der Waals surface area contributed by atoms with Crippen molar-refractivity contribution in [3.63, 3.8) is 0 Å². The second-order valence-corrected chi connectivity index (χ2v) is 5.45. The minimum absolute atomic E-state index is 0.351. The van der Waals surface area contributed by atoms with E-state index in [0.29, 0.717) is 18.9 Å². The van der Waals surface area contributed by atoms with E-state index in [9.17, 15) is 4.79 Å². The highest BCUT2D eigenvalue weighted by Gasteiger charge is 2.19. The van der Waals surface area contributed by atoms with Crippen LogP contribution in [0.1, 0.15) is 66.7 Å². The molecule has 0 aliphatic rings. The van der Waals surface area contributed by atoms with Crippen molar-refractivity contribution in [2.45, 2.75) is 72.3 Å². The van der Waals surface area contributed by atoms with Crippen LogP contribution in [0.15, 0.2) is 0 Å². The Hall–Kier alpha value is -0.890. The topological polar surface area (TPSA) is 72.5 Å². The van der Waals surface area contributed by atoms with Gasteiger partial charge >= 0.3 is 6.16 Å². The van der Waals surface area contributed by atoms with Crippen LogP contribution in [0.5, 0.6) is 0 Å². The third-order valence-corrected chi connectivity index (χ3v) is 3.21. The molecule has 0 aliphatic heterocycles. The Morgan fingerprint density at radius 3 is 2.33 bits per heavy atom. The monoisotopic (exact) mass is 308 g/mol. The van der Waals surface area contributed by atoms with Gasteiger partial charge in [0.15, 0.2) is 0 Å². The van der Waals surface area contributed by atoms with Gasteiger partial charge in [0.2, 0.25) is 0 Å². The molecule has 0 saturated carbocycles. The Morgan fingerprint density at radius 1 is 1.10 bits per heavy atom. The second kappa shape index (κ2) is 11.7. The van der Waals surface area contributed by atoms with E-state index < -0.39 is 11.8 Å². The fourth-order valence-electron chi connectivity index (χ4n) is 1.28. The summed E-state index contributed by atoms with van der Waals surface area (Å²) < 4.78 is 0. The van der Waals surface area contributed by atoms with Crippen LogP contribution in [0.2, 0.25) is 0 Å². The minimum Gasteiger partial charge on any atom is -0.226 e. The highest BCUT2D eigenvalue weighted by atomic mass is 17.6. The lowest BCUT2D eigenvalue weighted by atomic mass is 10.0. The molecule has 0 fully saturated rings. The van der Waals surface area contributed by atoms with Crippen LogP contribution in [0, 0.1) is 5.92 Å². The first-order valence-corrected chi connectivity index (χ1v) is 7.47. The highest BCUT2D eigenvalue weighted by molar-refractivity contribution is 5.57. The molecule has 0 aromatic carbocycles. The van der Waals surface area contributed by atoms with E-state index in [1.165, 1.54) is 0 Å². The average molecular weight is 308 g/mol. The van der Waals surface area contributed by atoms with Crippen LogP contribution < -0.4 is 0 Å². The summed E-state index contributed by atoms with van der Waals surface area (Å²) >= 11 is 0. The standard InChI is InChI=1S/C14H28O7/c1-6-9-10-12(7-2)11-16-20-17-13(15)18-21-19-14(4,5)8-3/h12H,6-11H2,1-5H3. The molecule has 0 aliphatic carbocycles. The molecular formula is C14H28O7. The van der Waals surface area contributed by atoms with E-state index in [1.807, 2.05) is 6.92 Å². The first-order valence-electron chi connectivity index (χ1n) is 7.47. The lowest BCUT2D eigenvalue weighted by molar-refractivity contribution is -0.544. The molecule has 126 valence electrons. The van der Waals surface area contributed by atoms with Gasteiger partial charge in [-0.2, -0.15) is 14.6 Å². The Kier molecular flexibility index (Phi) is 11.2. The zero-order chi connectivity index (χ0) is 16.1. The van der Waals surface area contributed by atoms with E-state index >= 15 is 0 Å². The van der Waals surface area contributed by atoms with E-state index in [4.69, 9.17) is 9.78 Å². The molecule has 1 atom stereocenters. The molecule has 7 nitrogen and oxygen atoms in total. The van der Waals surface area contributed by atoms with Gasteiger partial charge in [-0.1, -0.05) is 40.0 Å². The SMILES string of the molecule is CCCCC(CC)COOOC(=O)OOOC(C)(C)CC. The van der Waals surface area contributed by atoms with Gasteiger partial charge < -0.3 is 0 Å². The minimum atomic E-state index is -1.21. The molecule has 7 heteroatoms. The van der Waals surface area contributed by atoms with Crippen molar-refractivity contribution < 1.29 is 34.4 Å². The van der Waals surface area contributed by atoms with Gasteiger partial charge in [-0.3, -0.25) is 0 Å². The first-order chi connectivity index (χ1) is 9.95. The van der Waals surface area contributed by atoms with Crippen molar-refractivity contribution in [2.24, 2.45) is 5.92 Å². The summed E-state index contributed by atoms with van der Waals surface area (Å²) in [4.78, 5) is 29.1. The van der Waals surface area contributed by atoms with Gasteiger partial charge in [0.1, 0.15) is 5.60 Å². The number of hydrogen-bond acceptors (Lipinski definition) is 7. The highest BCUT2D eigenvalue weighted by Crippen LogP contribution is 2.14. The smallest absolute Gasteiger partial charge is 0.226 e. The van der Waals surface area contributed by atoms with E-state index in [1.54, 1.807) is 13.8 Å². The van der Waals surface area contributed by atoms with Crippen molar-refractivity contribution in [2.75, 3.05) is 6.61 Å². The van der Waals surface area contributed by atoms with Gasteiger partial charge in [0.25, 0.3) is 0 Å². The molecule has 0 aromatic heterocycles. The predicted octanol–water partition coefficient (Wildman–Crippen LogP) is 4.27. The number of rotatable bonds is 12. The molecule has 0 radical (unpaired) electrons. The number of unbranched alkanes of at least 4 members (excludes halogenated alkanes) is 1. The van der Waals surface area contributed by atoms with Gasteiger partial charge in [-0.05, 0) is 42.7 Å². The summed E-state index contributed by atoms with van der Waals surface area (Å²) in [6.45, 7) is 10.0. The molecule has 21 heavy (non-hydrogen) atoms.